The average molecular weight is 359 g/mol. The van der Waals surface area contributed by atoms with Gasteiger partial charge in [-0.15, -0.1) is 0 Å². The maximum atomic E-state index is 12.5. The van der Waals surface area contributed by atoms with Crippen LogP contribution in [0, 0.1) is 5.92 Å². The Morgan fingerprint density at radius 3 is 2.73 bits per heavy atom. The van der Waals surface area contributed by atoms with Gasteiger partial charge in [-0.05, 0) is 36.5 Å². The number of benzene rings is 1. The zero-order chi connectivity index (χ0) is 18.5. The molecule has 2 fully saturated rings. The van der Waals surface area contributed by atoms with Gasteiger partial charge in [0.1, 0.15) is 5.75 Å². The Bertz CT molecular complexity index is 643. The number of carbonyl (C=O) groups excluding carboxylic acids is 2. The molecule has 6 nitrogen and oxygen atoms in total. The fourth-order valence-corrected chi connectivity index (χ4v) is 4.33. The highest BCUT2D eigenvalue weighted by Gasteiger charge is 2.35. The number of carbonyl (C=O) groups is 2. The van der Waals surface area contributed by atoms with E-state index in [0.29, 0.717) is 25.4 Å². The van der Waals surface area contributed by atoms with Crippen LogP contribution in [0.3, 0.4) is 0 Å². The minimum absolute atomic E-state index is 0.0182. The zero-order valence-corrected chi connectivity index (χ0v) is 15.4. The normalized spacial score (nSPS) is 23.9. The van der Waals surface area contributed by atoms with Crippen LogP contribution >= 0.6 is 0 Å². The molecule has 0 aromatic heterocycles. The Kier molecular flexibility index (Phi) is 6.14. The lowest BCUT2D eigenvalue weighted by Gasteiger charge is -2.21. The second kappa shape index (κ2) is 8.54. The van der Waals surface area contributed by atoms with Crippen molar-refractivity contribution in [1.29, 1.82) is 0 Å². The summed E-state index contributed by atoms with van der Waals surface area (Å²) in [7, 11) is 1.65. The molecule has 26 heavy (non-hydrogen) atoms. The molecule has 0 unspecified atom stereocenters. The molecule has 1 heterocycles. The van der Waals surface area contributed by atoms with Crippen molar-refractivity contribution in [2.24, 2.45) is 11.7 Å². The number of amides is 2. The summed E-state index contributed by atoms with van der Waals surface area (Å²) in [5.74, 6) is 1.22. The smallest absolute Gasteiger partial charge is 0.231 e. The number of nitrogens with zero attached hydrogens (tertiary/aromatic N) is 1. The lowest BCUT2D eigenvalue weighted by molar-refractivity contribution is -0.122. The summed E-state index contributed by atoms with van der Waals surface area (Å²) in [4.78, 5) is 25.9. The van der Waals surface area contributed by atoms with Crippen LogP contribution in [0.1, 0.15) is 43.6 Å². The van der Waals surface area contributed by atoms with E-state index in [1.807, 2.05) is 23.1 Å². The van der Waals surface area contributed by atoms with Crippen molar-refractivity contribution in [3.8, 4) is 5.75 Å². The number of hydrogen-bond acceptors (Lipinski definition) is 4. The van der Waals surface area contributed by atoms with Crippen LogP contribution in [0.5, 0.6) is 5.75 Å². The van der Waals surface area contributed by atoms with Crippen molar-refractivity contribution in [2.75, 3.05) is 26.7 Å². The van der Waals surface area contributed by atoms with Crippen LogP contribution in [0.15, 0.2) is 24.3 Å². The van der Waals surface area contributed by atoms with Crippen molar-refractivity contribution in [2.45, 2.75) is 44.1 Å². The van der Waals surface area contributed by atoms with Crippen molar-refractivity contribution in [3.63, 3.8) is 0 Å². The molecule has 1 saturated heterocycles. The van der Waals surface area contributed by atoms with Crippen molar-refractivity contribution >= 4 is 11.8 Å². The second-order valence-electron chi connectivity index (χ2n) is 7.57. The van der Waals surface area contributed by atoms with Gasteiger partial charge in [0.15, 0.2) is 0 Å². The summed E-state index contributed by atoms with van der Waals surface area (Å²) >= 11 is 0. The third-order valence-corrected chi connectivity index (χ3v) is 5.59. The third kappa shape index (κ3) is 4.75. The Hall–Kier alpha value is -2.08. The van der Waals surface area contributed by atoms with Gasteiger partial charge in [-0.3, -0.25) is 14.5 Å². The lowest BCUT2D eigenvalue weighted by atomic mass is 9.93. The maximum absolute atomic E-state index is 12.5. The summed E-state index contributed by atoms with van der Waals surface area (Å²) in [6.45, 7) is 1.56. The van der Waals surface area contributed by atoms with Crippen molar-refractivity contribution in [1.82, 2.24) is 10.2 Å². The Balaban J connectivity index is 1.70. The summed E-state index contributed by atoms with van der Waals surface area (Å²) in [6, 6.07) is 7.91. The molecular formula is C20H29N3O3. The van der Waals surface area contributed by atoms with Gasteiger partial charge in [0, 0.05) is 31.5 Å². The number of hydrogen-bond donors (Lipinski definition) is 2. The molecular weight excluding hydrogens is 330 g/mol. The Morgan fingerprint density at radius 2 is 2.04 bits per heavy atom. The quantitative estimate of drug-likeness (QED) is 0.775. The second-order valence-corrected chi connectivity index (χ2v) is 7.57. The summed E-state index contributed by atoms with van der Waals surface area (Å²) in [5.41, 5.74) is 6.48. The van der Waals surface area contributed by atoms with Crippen molar-refractivity contribution < 1.29 is 14.3 Å². The number of nitrogens with two attached hydrogens (primary N) is 1. The predicted octanol–water partition coefficient (Wildman–Crippen LogP) is 1.64. The number of rotatable bonds is 7. The van der Waals surface area contributed by atoms with Crippen LogP contribution in [-0.2, 0) is 9.59 Å². The highest BCUT2D eigenvalue weighted by molar-refractivity contribution is 5.77. The first kappa shape index (κ1) is 18.7. The van der Waals surface area contributed by atoms with Crippen LogP contribution in [-0.4, -0.2) is 49.5 Å². The molecule has 1 aromatic rings. The molecule has 1 aliphatic carbocycles. The largest absolute Gasteiger partial charge is 0.497 e. The summed E-state index contributed by atoms with van der Waals surface area (Å²) in [5, 5.41) is 3.22. The molecule has 2 amide bonds. The first-order chi connectivity index (χ1) is 12.5. The fraction of sp³-hybridized carbons (Fsp3) is 0.600. The van der Waals surface area contributed by atoms with Gasteiger partial charge >= 0.3 is 0 Å². The molecule has 1 aromatic carbocycles. The third-order valence-electron chi connectivity index (χ3n) is 5.59. The monoisotopic (exact) mass is 359 g/mol. The summed E-state index contributed by atoms with van der Waals surface area (Å²) in [6.07, 6.45) is 5.40. The van der Waals surface area contributed by atoms with Crippen LogP contribution in [0.25, 0.3) is 0 Å². The van der Waals surface area contributed by atoms with Crippen LogP contribution in [0.2, 0.25) is 0 Å². The minimum Gasteiger partial charge on any atom is -0.497 e. The van der Waals surface area contributed by atoms with Gasteiger partial charge in [0.05, 0.1) is 13.7 Å². The van der Waals surface area contributed by atoms with Crippen LogP contribution < -0.4 is 15.8 Å². The zero-order valence-electron chi connectivity index (χ0n) is 15.4. The maximum Gasteiger partial charge on any atom is 0.231 e. The standard InChI is InChI=1S/C20H29N3O3/c1-26-16-8-4-7-15(10-16)17-11-23(13-19(21)24)12-18(17)22-20(25)9-14-5-2-3-6-14/h4,7-8,10,14,17-18H,2-3,5-6,9,11-13H2,1H3,(H2,21,24)(H,22,25)/t17-,18+/m1/s1. The van der Waals surface area contributed by atoms with E-state index in [4.69, 9.17) is 10.5 Å². The van der Waals surface area contributed by atoms with Crippen molar-refractivity contribution in [3.05, 3.63) is 29.8 Å². The minimum atomic E-state index is -0.340. The van der Waals surface area contributed by atoms with Gasteiger partial charge < -0.3 is 15.8 Å². The molecule has 2 atom stereocenters. The molecule has 6 heteroatoms. The molecule has 1 saturated carbocycles. The fourth-order valence-electron chi connectivity index (χ4n) is 4.33. The van der Waals surface area contributed by atoms with E-state index in [-0.39, 0.29) is 30.3 Å². The van der Waals surface area contributed by atoms with E-state index >= 15 is 0 Å². The predicted molar refractivity (Wildman–Crippen MR) is 99.9 cm³/mol. The molecule has 3 N–H and O–H groups in total. The molecule has 0 bridgehead atoms. The Morgan fingerprint density at radius 1 is 1.27 bits per heavy atom. The average Bonchev–Trinajstić information content (AvgIpc) is 3.24. The highest BCUT2D eigenvalue weighted by atomic mass is 16.5. The highest BCUT2D eigenvalue weighted by Crippen LogP contribution is 2.31. The molecule has 2 aliphatic rings. The van der Waals surface area contributed by atoms with Gasteiger partial charge in [0.2, 0.25) is 11.8 Å². The van der Waals surface area contributed by atoms with Crippen LogP contribution in [0.4, 0.5) is 0 Å². The van der Waals surface area contributed by atoms with E-state index in [1.54, 1.807) is 7.11 Å². The first-order valence-corrected chi connectivity index (χ1v) is 9.49. The lowest BCUT2D eigenvalue weighted by Crippen LogP contribution is -2.41. The van der Waals surface area contributed by atoms with Gasteiger partial charge in [0.25, 0.3) is 0 Å². The molecule has 0 radical (unpaired) electrons. The molecule has 1 aliphatic heterocycles. The number of likely N-dealkylation sites (tertiary alicyclic amines) is 1. The molecule has 142 valence electrons. The molecule has 0 spiro atoms. The Labute approximate surface area is 155 Å². The van der Waals surface area contributed by atoms with Gasteiger partial charge in [-0.1, -0.05) is 25.0 Å². The van der Waals surface area contributed by atoms with Gasteiger partial charge in [-0.2, -0.15) is 0 Å². The van der Waals surface area contributed by atoms with E-state index in [0.717, 1.165) is 24.2 Å². The number of methoxy groups -OCH3 is 1. The molecule has 3 rings (SSSR count). The number of nitrogens with one attached hydrogen (secondary N) is 1. The topological polar surface area (TPSA) is 84.7 Å². The van der Waals surface area contributed by atoms with E-state index in [9.17, 15) is 9.59 Å². The van der Waals surface area contributed by atoms with E-state index in [1.165, 1.54) is 12.8 Å². The summed E-state index contributed by atoms with van der Waals surface area (Å²) < 4.78 is 5.34. The van der Waals surface area contributed by atoms with E-state index < -0.39 is 0 Å². The SMILES string of the molecule is COc1cccc([C@H]2CN(CC(N)=O)C[C@@H]2NC(=O)CC2CCCC2)c1. The van der Waals surface area contributed by atoms with E-state index in [2.05, 4.69) is 11.4 Å². The van der Waals surface area contributed by atoms with Gasteiger partial charge in [-0.25, -0.2) is 0 Å². The number of primary amides is 1. The number of ether oxygens (including phenoxy) is 1. The first-order valence-electron chi connectivity index (χ1n) is 9.49.